The van der Waals surface area contributed by atoms with Gasteiger partial charge in [-0.25, -0.2) is 4.79 Å². The van der Waals surface area contributed by atoms with Crippen molar-refractivity contribution in [3.8, 4) is 5.75 Å². The Labute approximate surface area is 89.0 Å². The van der Waals surface area contributed by atoms with Gasteiger partial charge in [0, 0.05) is 0 Å². The maximum absolute atomic E-state index is 11.6. The molecule has 0 bridgehead atoms. The Balaban J connectivity index is 1.98. The summed E-state index contributed by atoms with van der Waals surface area (Å²) in [5.74, 6) is 0.512. The van der Waals surface area contributed by atoms with Crippen LogP contribution in [0, 0.1) is 0 Å². The Bertz CT molecular complexity index is 338. The molecule has 0 heterocycles. The van der Waals surface area contributed by atoms with Crippen LogP contribution in [0.5, 0.6) is 5.75 Å². The molecule has 3 heteroatoms. The van der Waals surface area contributed by atoms with Gasteiger partial charge in [-0.05, 0) is 43.5 Å². The number of benzene rings is 1. The Morgan fingerprint density at radius 3 is 2.40 bits per heavy atom. The second kappa shape index (κ2) is 4.34. The topological polar surface area (TPSA) is 35.5 Å². The maximum Gasteiger partial charge on any atom is 0.338 e. The molecule has 0 saturated heterocycles. The van der Waals surface area contributed by atoms with Gasteiger partial charge in [0.2, 0.25) is 0 Å². The summed E-state index contributed by atoms with van der Waals surface area (Å²) >= 11 is 0. The number of carbonyl (C=O) groups is 1. The highest BCUT2D eigenvalue weighted by atomic mass is 16.5. The molecule has 15 heavy (non-hydrogen) atoms. The molecule has 0 aliphatic heterocycles. The summed E-state index contributed by atoms with van der Waals surface area (Å²) in [6.45, 7) is 0. The monoisotopic (exact) mass is 206 g/mol. The Kier molecular flexibility index (Phi) is 2.90. The minimum absolute atomic E-state index is 0.139. The van der Waals surface area contributed by atoms with Crippen LogP contribution in [0.3, 0.4) is 0 Å². The summed E-state index contributed by atoms with van der Waals surface area (Å²) in [4.78, 5) is 11.6. The predicted octanol–water partition coefficient (Wildman–Crippen LogP) is 2.40. The molecule has 0 amide bonds. The molecule has 1 aromatic rings. The van der Waals surface area contributed by atoms with Crippen LogP contribution in [-0.4, -0.2) is 19.2 Å². The van der Waals surface area contributed by atoms with Gasteiger partial charge in [-0.2, -0.15) is 0 Å². The number of hydrogen-bond donors (Lipinski definition) is 0. The lowest BCUT2D eigenvalue weighted by Crippen LogP contribution is -2.24. The first-order valence-corrected chi connectivity index (χ1v) is 5.14. The maximum atomic E-state index is 11.6. The third-order valence-corrected chi connectivity index (χ3v) is 2.65. The quantitative estimate of drug-likeness (QED) is 0.712. The van der Waals surface area contributed by atoms with Gasteiger partial charge in [0.05, 0.1) is 12.7 Å². The summed E-state index contributed by atoms with van der Waals surface area (Å²) < 4.78 is 10.3. The molecule has 1 saturated carbocycles. The number of ether oxygens (including phenoxy) is 2. The van der Waals surface area contributed by atoms with Crippen LogP contribution < -0.4 is 4.74 Å². The van der Waals surface area contributed by atoms with Crippen molar-refractivity contribution < 1.29 is 14.3 Å². The molecule has 0 radical (unpaired) electrons. The fraction of sp³-hybridized carbons (Fsp3) is 0.417. The van der Waals surface area contributed by atoms with Crippen LogP contribution in [0.2, 0.25) is 0 Å². The van der Waals surface area contributed by atoms with Gasteiger partial charge in [0.1, 0.15) is 11.9 Å². The lowest BCUT2D eigenvalue weighted by molar-refractivity contribution is 0.00901. The number of carbonyl (C=O) groups excluding carboxylic acids is 1. The van der Waals surface area contributed by atoms with Gasteiger partial charge < -0.3 is 9.47 Å². The van der Waals surface area contributed by atoms with E-state index >= 15 is 0 Å². The van der Waals surface area contributed by atoms with Crippen LogP contribution >= 0.6 is 0 Å². The number of esters is 1. The van der Waals surface area contributed by atoms with E-state index in [0.717, 1.165) is 18.6 Å². The van der Waals surface area contributed by atoms with Crippen molar-refractivity contribution in [3.63, 3.8) is 0 Å². The smallest absolute Gasteiger partial charge is 0.338 e. The molecular weight excluding hydrogens is 192 g/mol. The SMILES string of the molecule is COc1ccc(C(=O)OC2CCC2)cc1. The highest BCUT2D eigenvalue weighted by molar-refractivity contribution is 5.89. The second-order valence-electron chi connectivity index (χ2n) is 3.69. The fourth-order valence-corrected chi connectivity index (χ4v) is 1.44. The molecule has 1 aliphatic rings. The molecule has 3 nitrogen and oxygen atoms in total. The Morgan fingerprint density at radius 2 is 1.93 bits per heavy atom. The van der Waals surface area contributed by atoms with Gasteiger partial charge in [0.25, 0.3) is 0 Å². The van der Waals surface area contributed by atoms with Crippen molar-refractivity contribution in [1.82, 2.24) is 0 Å². The van der Waals surface area contributed by atoms with E-state index in [0.29, 0.717) is 5.56 Å². The minimum Gasteiger partial charge on any atom is -0.497 e. The van der Waals surface area contributed by atoms with Crippen LogP contribution in [0.25, 0.3) is 0 Å². The van der Waals surface area contributed by atoms with E-state index in [1.54, 1.807) is 31.4 Å². The van der Waals surface area contributed by atoms with Crippen molar-refractivity contribution in [1.29, 1.82) is 0 Å². The molecule has 0 unspecified atom stereocenters. The van der Waals surface area contributed by atoms with E-state index in [1.807, 2.05) is 0 Å². The standard InChI is InChI=1S/C12H14O3/c1-14-10-7-5-9(6-8-10)12(13)15-11-3-2-4-11/h5-8,11H,2-4H2,1H3. The molecule has 0 spiro atoms. The van der Waals surface area contributed by atoms with Gasteiger partial charge >= 0.3 is 5.97 Å². The molecule has 80 valence electrons. The molecule has 2 rings (SSSR count). The van der Waals surface area contributed by atoms with Crippen LogP contribution in [0.1, 0.15) is 29.6 Å². The van der Waals surface area contributed by atoms with Crippen LogP contribution in [0.4, 0.5) is 0 Å². The van der Waals surface area contributed by atoms with E-state index in [1.165, 1.54) is 6.42 Å². The summed E-state index contributed by atoms with van der Waals surface area (Å²) in [6.07, 6.45) is 3.31. The van der Waals surface area contributed by atoms with Crippen molar-refractivity contribution >= 4 is 5.97 Å². The molecule has 1 fully saturated rings. The summed E-state index contributed by atoms with van der Waals surface area (Å²) in [5.41, 5.74) is 0.586. The van der Waals surface area contributed by atoms with E-state index < -0.39 is 0 Å². The van der Waals surface area contributed by atoms with E-state index in [9.17, 15) is 4.79 Å². The van der Waals surface area contributed by atoms with Gasteiger partial charge in [-0.1, -0.05) is 0 Å². The van der Waals surface area contributed by atoms with Crippen molar-refractivity contribution in [2.24, 2.45) is 0 Å². The normalized spacial score (nSPS) is 15.5. The van der Waals surface area contributed by atoms with Crippen molar-refractivity contribution in [2.75, 3.05) is 7.11 Å². The first-order valence-electron chi connectivity index (χ1n) is 5.14. The number of hydrogen-bond acceptors (Lipinski definition) is 3. The summed E-state index contributed by atoms with van der Waals surface area (Å²) in [5, 5.41) is 0. The zero-order valence-corrected chi connectivity index (χ0v) is 8.73. The summed E-state index contributed by atoms with van der Waals surface area (Å²) in [7, 11) is 1.60. The first-order chi connectivity index (χ1) is 7.29. The lowest BCUT2D eigenvalue weighted by Gasteiger charge is -2.25. The molecule has 1 aromatic carbocycles. The van der Waals surface area contributed by atoms with Gasteiger partial charge in [0.15, 0.2) is 0 Å². The lowest BCUT2D eigenvalue weighted by atomic mass is 9.96. The second-order valence-corrected chi connectivity index (χ2v) is 3.69. The zero-order chi connectivity index (χ0) is 10.7. The number of methoxy groups -OCH3 is 1. The molecule has 1 aliphatic carbocycles. The molecule has 0 aromatic heterocycles. The first kappa shape index (κ1) is 10.0. The highest BCUT2D eigenvalue weighted by Crippen LogP contribution is 2.23. The highest BCUT2D eigenvalue weighted by Gasteiger charge is 2.22. The third-order valence-electron chi connectivity index (χ3n) is 2.65. The van der Waals surface area contributed by atoms with Crippen molar-refractivity contribution in [3.05, 3.63) is 29.8 Å². The minimum atomic E-state index is -0.234. The molecular formula is C12H14O3. The average molecular weight is 206 g/mol. The largest absolute Gasteiger partial charge is 0.497 e. The van der Waals surface area contributed by atoms with Crippen molar-refractivity contribution in [2.45, 2.75) is 25.4 Å². The van der Waals surface area contributed by atoms with Gasteiger partial charge in [-0.3, -0.25) is 0 Å². The van der Waals surface area contributed by atoms with Crippen LogP contribution in [0.15, 0.2) is 24.3 Å². The fourth-order valence-electron chi connectivity index (χ4n) is 1.44. The molecule has 0 atom stereocenters. The van der Waals surface area contributed by atoms with Crippen LogP contribution in [-0.2, 0) is 4.74 Å². The van der Waals surface area contributed by atoms with Gasteiger partial charge in [-0.15, -0.1) is 0 Å². The predicted molar refractivity (Wildman–Crippen MR) is 56.0 cm³/mol. The average Bonchev–Trinajstić information content (AvgIpc) is 2.23. The zero-order valence-electron chi connectivity index (χ0n) is 8.73. The third kappa shape index (κ3) is 2.29. The Morgan fingerprint density at radius 1 is 1.27 bits per heavy atom. The Hall–Kier alpha value is -1.51. The molecule has 0 N–H and O–H groups in total. The number of rotatable bonds is 3. The van der Waals surface area contributed by atoms with E-state index in [2.05, 4.69) is 0 Å². The van der Waals surface area contributed by atoms with E-state index in [-0.39, 0.29) is 12.1 Å². The summed E-state index contributed by atoms with van der Waals surface area (Å²) in [6, 6.07) is 6.97. The van der Waals surface area contributed by atoms with E-state index in [4.69, 9.17) is 9.47 Å².